The standard InChI is InChI=1S/C32H48O3/c1-32(33-29-14-17-11-26(29)23-8-2-5-20(17)23,34-30-15-18-12-27(30)24-9-3-6-21(18)24)35-31-16-19-13-28(31)25-10-4-7-22(19)25/h17-31H,2-16H2,1H3. The number of hydrogen-bond acceptors (Lipinski definition) is 3. The zero-order chi connectivity index (χ0) is 22.9. The van der Waals surface area contributed by atoms with Crippen LogP contribution >= 0.6 is 0 Å². The third-order valence-corrected chi connectivity index (χ3v) is 14.2. The summed E-state index contributed by atoms with van der Waals surface area (Å²) in [6.07, 6.45) is 22.4. The van der Waals surface area contributed by atoms with Gasteiger partial charge in [-0.1, -0.05) is 19.3 Å². The predicted molar refractivity (Wildman–Crippen MR) is 134 cm³/mol. The third kappa shape index (κ3) is 3.13. The SMILES string of the molecule is CC(OC1CC2CC1C1CCCC21)(OC1CC2CC1C1CCCC21)OC1CC2CC1C1CCCC21. The highest BCUT2D eigenvalue weighted by molar-refractivity contribution is 5.07. The molecule has 3 nitrogen and oxygen atoms in total. The van der Waals surface area contributed by atoms with Gasteiger partial charge in [0.05, 0.1) is 18.3 Å². The minimum atomic E-state index is -0.824. The fraction of sp³-hybridized carbons (Fsp3) is 1.00. The summed E-state index contributed by atoms with van der Waals surface area (Å²) >= 11 is 0. The normalized spacial score (nSPS) is 60.4. The Morgan fingerprint density at radius 1 is 0.400 bits per heavy atom. The maximum Gasteiger partial charge on any atom is 0.280 e. The summed E-state index contributed by atoms with van der Waals surface area (Å²) < 4.78 is 21.5. The highest BCUT2D eigenvalue weighted by atomic mass is 16.9. The summed E-state index contributed by atoms with van der Waals surface area (Å²) in [7, 11) is 0. The Labute approximate surface area is 212 Å². The molecule has 15 atom stereocenters. The minimum Gasteiger partial charge on any atom is -0.324 e. The Morgan fingerprint density at radius 2 is 0.714 bits per heavy atom. The van der Waals surface area contributed by atoms with Gasteiger partial charge in [0.2, 0.25) is 0 Å². The Bertz CT molecular complexity index is 748. The predicted octanol–water partition coefficient (Wildman–Crippen LogP) is 7.18. The van der Waals surface area contributed by atoms with Crippen molar-refractivity contribution in [3.05, 3.63) is 0 Å². The van der Waals surface area contributed by atoms with Crippen molar-refractivity contribution in [2.75, 3.05) is 0 Å². The van der Waals surface area contributed by atoms with E-state index < -0.39 is 5.97 Å². The molecule has 9 saturated carbocycles. The van der Waals surface area contributed by atoms with Crippen LogP contribution in [-0.4, -0.2) is 24.3 Å². The van der Waals surface area contributed by atoms with E-state index in [9.17, 15) is 0 Å². The summed E-state index contributed by atoms with van der Waals surface area (Å²) in [6.45, 7) is 2.22. The van der Waals surface area contributed by atoms with E-state index in [1.807, 2.05) is 0 Å². The van der Waals surface area contributed by atoms with E-state index >= 15 is 0 Å². The smallest absolute Gasteiger partial charge is 0.280 e. The van der Waals surface area contributed by atoms with E-state index in [1.54, 1.807) is 0 Å². The second kappa shape index (κ2) is 7.72. The molecule has 0 aromatic carbocycles. The van der Waals surface area contributed by atoms with Gasteiger partial charge in [-0.15, -0.1) is 0 Å². The van der Waals surface area contributed by atoms with E-state index in [-0.39, 0.29) is 0 Å². The molecule has 3 heteroatoms. The number of ether oxygens (including phenoxy) is 3. The maximum absolute atomic E-state index is 7.16. The van der Waals surface area contributed by atoms with E-state index in [2.05, 4.69) is 6.92 Å². The van der Waals surface area contributed by atoms with Gasteiger partial charge in [-0.2, -0.15) is 0 Å². The molecule has 6 bridgehead atoms. The highest BCUT2D eigenvalue weighted by Gasteiger charge is 2.60. The largest absolute Gasteiger partial charge is 0.324 e. The lowest BCUT2D eigenvalue weighted by Crippen LogP contribution is -2.50. The van der Waals surface area contributed by atoms with Crippen LogP contribution in [0.25, 0.3) is 0 Å². The lowest BCUT2D eigenvalue weighted by Gasteiger charge is -2.44. The minimum absolute atomic E-state index is 0.375. The first-order valence-corrected chi connectivity index (χ1v) is 16.2. The average molecular weight is 481 g/mol. The van der Waals surface area contributed by atoms with Crippen LogP contribution in [0.4, 0.5) is 0 Å². The van der Waals surface area contributed by atoms with Crippen molar-refractivity contribution in [3.63, 3.8) is 0 Å². The summed E-state index contributed by atoms with van der Waals surface area (Å²) in [5.74, 6) is 10.1. The zero-order valence-corrected chi connectivity index (χ0v) is 22.0. The summed E-state index contributed by atoms with van der Waals surface area (Å²) in [4.78, 5) is 0. The Balaban J connectivity index is 0.964. The Morgan fingerprint density at radius 3 is 1.06 bits per heavy atom. The van der Waals surface area contributed by atoms with Crippen LogP contribution < -0.4 is 0 Å². The van der Waals surface area contributed by atoms with Crippen LogP contribution in [0, 0.1) is 71.0 Å². The molecule has 9 aliphatic carbocycles. The van der Waals surface area contributed by atoms with Crippen LogP contribution in [0.3, 0.4) is 0 Å². The first kappa shape index (κ1) is 21.8. The second-order valence-electron chi connectivity index (χ2n) is 15.3. The quantitative estimate of drug-likeness (QED) is 0.377. The first-order chi connectivity index (χ1) is 17.1. The fourth-order valence-electron chi connectivity index (χ4n) is 13.3. The van der Waals surface area contributed by atoms with Crippen molar-refractivity contribution in [2.45, 2.75) is 128 Å². The Hall–Kier alpha value is -0.120. The molecule has 0 aromatic rings. The van der Waals surface area contributed by atoms with Gasteiger partial charge in [-0.25, -0.2) is 0 Å². The van der Waals surface area contributed by atoms with Crippen LogP contribution in [0.15, 0.2) is 0 Å². The second-order valence-corrected chi connectivity index (χ2v) is 15.3. The molecule has 9 fully saturated rings. The molecule has 0 amide bonds. The monoisotopic (exact) mass is 480 g/mol. The van der Waals surface area contributed by atoms with Crippen molar-refractivity contribution in [1.82, 2.24) is 0 Å². The van der Waals surface area contributed by atoms with Crippen LogP contribution in [0.1, 0.15) is 103 Å². The molecule has 194 valence electrons. The van der Waals surface area contributed by atoms with Gasteiger partial charge < -0.3 is 14.2 Å². The van der Waals surface area contributed by atoms with E-state index in [0.29, 0.717) is 18.3 Å². The molecular formula is C32H48O3. The molecule has 0 spiro atoms. The average Bonchev–Trinajstić information content (AvgIpc) is 3.64. The number of hydrogen-bond donors (Lipinski definition) is 0. The van der Waals surface area contributed by atoms with Gasteiger partial charge in [0, 0.05) is 6.92 Å². The van der Waals surface area contributed by atoms with E-state index in [1.165, 1.54) is 96.3 Å². The lowest BCUT2D eigenvalue weighted by molar-refractivity contribution is -0.420. The number of rotatable bonds is 6. The van der Waals surface area contributed by atoms with Crippen molar-refractivity contribution in [3.8, 4) is 0 Å². The highest BCUT2D eigenvalue weighted by Crippen LogP contribution is 2.63. The van der Waals surface area contributed by atoms with Crippen molar-refractivity contribution >= 4 is 0 Å². The van der Waals surface area contributed by atoms with Crippen LogP contribution in [0.5, 0.6) is 0 Å². The van der Waals surface area contributed by atoms with Crippen molar-refractivity contribution < 1.29 is 14.2 Å². The van der Waals surface area contributed by atoms with Gasteiger partial charge in [0.1, 0.15) is 0 Å². The zero-order valence-electron chi connectivity index (χ0n) is 22.0. The van der Waals surface area contributed by atoms with Gasteiger partial charge in [-0.3, -0.25) is 0 Å². The topological polar surface area (TPSA) is 27.7 Å². The van der Waals surface area contributed by atoms with Crippen molar-refractivity contribution in [1.29, 1.82) is 0 Å². The molecule has 9 rings (SSSR count). The molecule has 15 unspecified atom stereocenters. The van der Waals surface area contributed by atoms with E-state index in [4.69, 9.17) is 14.2 Å². The molecular weight excluding hydrogens is 432 g/mol. The van der Waals surface area contributed by atoms with Gasteiger partial charge in [0.15, 0.2) is 0 Å². The molecule has 0 heterocycles. The molecule has 0 aliphatic heterocycles. The van der Waals surface area contributed by atoms with Crippen molar-refractivity contribution in [2.24, 2.45) is 71.0 Å². The molecule has 0 radical (unpaired) electrons. The summed E-state index contributed by atoms with van der Waals surface area (Å²) in [5.41, 5.74) is 0. The lowest BCUT2D eigenvalue weighted by atomic mass is 9.80. The molecule has 0 aromatic heterocycles. The van der Waals surface area contributed by atoms with Gasteiger partial charge in [-0.05, 0) is 148 Å². The van der Waals surface area contributed by atoms with Gasteiger partial charge in [0.25, 0.3) is 5.97 Å². The molecule has 35 heavy (non-hydrogen) atoms. The molecule has 0 N–H and O–H groups in total. The maximum atomic E-state index is 7.16. The van der Waals surface area contributed by atoms with Crippen LogP contribution in [-0.2, 0) is 14.2 Å². The van der Waals surface area contributed by atoms with E-state index in [0.717, 1.165) is 71.0 Å². The van der Waals surface area contributed by atoms with Gasteiger partial charge >= 0.3 is 0 Å². The summed E-state index contributed by atoms with van der Waals surface area (Å²) in [6, 6.07) is 0. The fourth-order valence-corrected chi connectivity index (χ4v) is 13.3. The molecule has 0 saturated heterocycles. The third-order valence-electron chi connectivity index (χ3n) is 14.2. The first-order valence-electron chi connectivity index (χ1n) is 16.2. The Kier molecular flexibility index (Phi) is 4.80. The summed E-state index contributed by atoms with van der Waals surface area (Å²) in [5, 5.41) is 0. The van der Waals surface area contributed by atoms with Crippen LogP contribution in [0.2, 0.25) is 0 Å². The molecule has 9 aliphatic rings. The number of fused-ring (bicyclic) bond motifs is 15.